The molecular formula is C27H41N3O3. The van der Waals surface area contributed by atoms with Gasteiger partial charge >= 0.3 is 0 Å². The van der Waals surface area contributed by atoms with E-state index in [0.29, 0.717) is 25.5 Å². The van der Waals surface area contributed by atoms with Crippen LogP contribution in [-0.4, -0.2) is 34.8 Å². The average molecular weight is 456 g/mol. The Hall–Kier alpha value is -2.63. The highest BCUT2D eigenvalue weighted by atomic mass is 16.5. The molecule has 1 saturated carbocycles. The average Bonchev–Trinajstić information content (AvgIpc) is 3.17. The maximum atomic E-state index is 13.3. The molecule has 3 rings (SSSR count). The van der Waals surface area contributed by atoms with Crippen molar-refractivity contribution in [1.29, 1.82) is 0 Å². The molecule has 0 bridgehead atoms. The third-order valence-electron chi connectivity index (χ3n) is 6.32. The van der Waals surface area contributed by atoms with Crippen LogP contribution in [0.1, 0.15) is 87.5 Å². The van der Waals surface area contributed by atoms with E-state index >= 15 is 0 Å². The van der Waals surface area contributed by atoms with Crippen LogP contribution in [0.25, 0.3) is 0 Å². The van der Waals surface area contributed by atoms with Gasteiger partial charge in [0.25, 0.3) is 12.4 Å². The first-order chi connectivity index (χ1) is 16.0. The zero-order valence-electron chi connectivity index (χ0n) is 20.6. The number of allylic oxidation sites excluding steroid dienone is 5. The highest BCUT2D eigenvalue weighted by Crippen LogP contribution is 2.27. The molecule has 1 unspecified atom stereocenters. The molecule has 1 heterocycles. The monoisotopic (exact) mass is 455 g/mol. The quantitative estimate of drug-likeness (QED) is 0.310. The normalized spacial score (nSPS) is 20.1. The number of amides is 1. The molecule has 1 fully saturated rings. The molecule has 2 aliphatic carbocycles. The van der Waals surface area contributed by atoms with Gasteiger partial charge in [0.05, 0.1) is 18.8 Å². The SMILES string of the molecule is C=C(/C=C\C/C=C\C)Cn1nc2c(c1C(=O)N[C@H]1CCCCC1C)CCCC2.CCOC=O. The molecule has 1 N–H and O–H groups in total. The number of aromatic nitrogens is 2. The van der Waals surface area contributed by atoms with Gasteiger partial charge in [-0.1, -0.05) is 50.6 Å². The van der Waals surface area contributed by atoms with E-state index in [2.05, 4.69) is 35.7 Å². The summed E-state index contributed by atoms with van der Waals surface area (Å²) in [4.78, 5) is 22.4. The molecule has 0 aliphatic heterocycles. The molecule has 6 heteroatoms. The summed E-state index contributed by atoms with van der Waals surface area (Å²) in [6.07, 6.45) is 18.2. The number of nitrogens with zero attached hydrogens (tertiary/aromatic N) is 2. The number of hydrogen-bond acceptors (Lipinski definition) is 4. The summed E-state index contributed by atoms with van der Waals surface area (Å²) in [6, 6.07) is 0.285. The van der Waals surface area contributed by atoms with E-state index in [1.165, 1.54) is 19.3 Å². The summed E-state index contributed by atoms with van der Waals surface area (Å²) in [7, 11) is 0. The van der Waals surface area contributed by atoms with Gasteiger partial charge in [-0.05, 0) is 70.3 Å². The van der Waals surface area contributed by atoms with Crippen molar-refractivity contribution in [3.8, 4) is 0 Å². The van der Waals surface area contributed by atoms with Gasteiger partial charge < -0.3 is 10.1 Å². The van der Waals surface area contributed by atoms with Gasteiger partial charge in [-0.2, -0.15) is 5.10 Å². The molecule has 2 atom stereocenters. The predicted molar refractivity (Wildman–Crippen MR) is 133 cm³/mol. The Morgan fingerprint density at radius 1 is 1.21 bits per heavy atom. The first-order valence-corrected chi connectivity index (χ1v) is 12.4. The van der Waals surface area contributed by atoms with Crippen LogP contribution in [-0.2, 0) is 28.9 Å². The van der Waals surface area contributed by atoms with Crippen LogP contribution in [0.3, 0.4) is 0 Å². The van der Waals surface area contributed by atoms with Crippen molar-refractivity contribution < 1.29 is 14.3 Å². The minimum atomic E-state index is 0.0556. The summed E-state index contributed by atoms with van der Waals surface area (Å²) in [5, 5.41) is 8.15. The number of aryl methyl sites for hydroxylation is 1. The fourth-order valence-corrected chi connectivity index (χ4v) is 4.50. The van der Waals surface area contributed by atoms with E-state index in [9.17, 15) is 9.59 Å². The van der Waals surface area contributed by atoms with Gasteiger partial charge in [-0.3, -0.25) is 14.3 Å². The number of rotatable bonds is 9. The minimum Gasteiger partial charge on any atom is -0.468 e. The lowest BCUT2D eigenvalue weighted by atomic mass is 9.86. The molecule has 0 saturated heterocycles. The lowest BCUT2D eigenvalue weighted by Gasteiger charge is -2.29. The smallest absolute Gasteiger partial charge is 0.293 e. The molecule has 0 radical (unpaired) electrons. The highest BCUT2D eigenvalue weighted by molar-refractivity contribution is 5.94. The molecule has 1 aromatic rings. The van der Waals surface area contributed by atoms with Crippen LogP contribution >= 0.6 is 0 Å². The molecule has 33 heavy (non-hydrogen) atoms. The first kappa shape index (κ1) is 26.6. The second-order valence-corrected chi connectivity index (χ2v) is 8.90. The molecular weight excluding hydrogens is 414 g/mol. The zero-order valence-corrected chi connectivity index (χ0v) is 20.6. The van der Waals surface area contributed by atoms with E-state index < -0.39 is 0 Å². The van der Waals surface area contributed by atoms with Crippen LogP contribution in [0.2, 0.25) is 0 Å². The first-order valence-electron chi connectivity index (χ1n) is 12.4. The molecule has 182 valence electrons. The zero-order chi connectivity index (χ0) is 24.1. The Bertz CT molecular complexity index is 838. The lowest BCUT2D eigenvalue weighted by Crippen LogP contribution is -2.42. The van der Waals surface area contributed by atoms with E-state index in [0.717, 1.165) is 61.0 Å². The van der Waals surface area contributed by atoms with Crippen molar-refractivity contribution in [2.24, 2.45) is 5.92 Å². The second kappa shape index (κ2) is 14.5. The van der Waals surface area contributed by atoms with Gasteiger partial charge in [0.2, 0.25) is 0 Å². The largest absolute Gasteiger partial charge is 0.468 e. The molecule has 6 nitrogen and oxygen atoms in total. The summed E-state index contributed by atoms with van der Waals surface area (Å²) in [5.41, 5.74) is 4.02. The minimum absolute atomic E-state index is 0.0556. The molecule has 2 aliphatic rings. The van der Waals surface area contributed by atoms with Crippen molar-refractivity contribution in [2.75, 3.05) is 6.61 Å². The van der Waals surface area contributed by atoms with E-state index in [-0.39, 0.29) is 11.9 Å². The van der Waals surface area contributed by atoms with Crippen molar-refractivity contribution in [3.63, 3.8) is 0 Å². The van der Waals surface area contributed by atoms with E-state index in [4.69, 9.17) is 5.10 Å². The van der Waals surface area contributed by atoms with Crippen LogP contribution < -0.4 is 5.32 Å². The summed E-state index contributed by atoms with van der Waals surface area (Å²) < 4.78 is 6.06. The van der Waals surface area contributed by atoms with Crippen LogP contribution in [0.5, 0.6) is 0 Å². The third kappa shape index (κ3) is 8.34. The highest BCUT2D eigenvalue weighted by Gasteiger charge is 2.29. The fourth-order valence-electron chi connectivity index (χ4n) is 4.50. The lowest BCUT2D eigenvalue weighted by molar-refractivity contribution is -0.128. The number of fused-ring (bicyclic) bond motifs is 1. The maximum absolute atomic E-state index is 13.3. The van der Waals surface area contributed by atoms with E-state index in [1.54, 1.807) is 6.92 Å². The van der Waals surface area contributed by atoms with Gasteiger partial charge in [0.1, 0.15) is 5.69 Å². The van der Waals surface area contributed by atoms with E-state index in [1.807, 2.05) is 23.8 Å². The van der Waals surface area contributed by atoms with Gasteiger partial charge in [-0.15, -0.1) is 0 Å². The van der Waals surface area contributed by atoms with Gasteiger partial charge in [-0.25, -0.2) is 0 Å². The summed E-state index contributed by atoms with van der Waals surface area (Å²) in [5.74, 6) is 0.606. The second-order valence-electron chi connectivity index (χ2n) is 8.90. The molecule has 0 spiro atoms. The Morgan fingerprint density at radius 3 is 2.64 bits per heavy atom. The fraction of sp³-hybridized carbons (Fsp3) is 0.593. The number of nitrogens with one attached hydrogen (secondary N) is 1. The van der Waals surface area contributed by atoms with Crippen LogP contribution in [0.4, 0.5) is 0 Å². The Balaban J connectivity index is 0.000000696. The number of carbonyl (C=O) groups is 2. The van der Waals surface area contributed by atoms with Gasteiger partial charge in [0, 0.05) is 11.6 Å². The number of ether oxygens (including phenoxy) is 1. The molecule has 1 amide bonds. The van der Waals surface area contributed by atoms with Crippen molar-refractivity contribution in [1.82, 2.24) is 15.1 Å². The van der Waals surface area contributed by atoms with Crippen LogP contribution in [0.15, 0.2) is 36.5 Å². The number of hydrogen-bond donors (Lipinski definition) is 1. The standard InChI is InChI=1S/C24H35N3O.C3H6O2/c1-4-5-6-7-12-18(2)17-27-23(20-14-9-11-16-22(20)26-27)24(28)25-21-15-10-8-13-19(21)3;1-2-5-3-4/h4-5,7,12,19,21H,2,6,8-11,13-17H2,1,3H3,(H,25,28);3H,2H2,1H3/b5-4-,12-7-;/t19?,21-;/m0./s1. The van der Waals surface area contributed by atoms with Crippen molar-refractivity contribution >= 4 is 12.4 Å². The molecule has 1 aromatic heterocycles. The Morgan fingerprint density at radius 2 is 1.97 bits per heavy atom. The number of carbonyl (C=O) groups excluding carboxylic acids is 2. The maximum Gasteiger partial charge on any atom is 0.293 e. The molecule has 0 aromatic carbocycles. The van der Waals surface area contributed by atoms with Gasteiger partial charge in [0.15, 0.2) is 0 Å². The van der Waals surface area contributed by atoms with Crippen LogP contribution in [0, 0.1) is 5.92 Å². The summed E-state index contributed by atoms with van der Waals surface area (Å²) >= 11 is 0. The van der Waals surface area contributed by atoms with Crippen molar-refractivity contribution in [2.45, 2.75) is 91.1 Å². The van der Waals surface area contributed by atoms with Crippen molar-refractivity contribution in [3.05, 3.63) is 53.4 Å². The Kier molecular flexibility index (Phi) is 11.7. The Labute approximate surface area is 199 Å². The predicted octanol–water partition coefficient (Wildman–Crippen LogP) is 5.33. The third-order valence-corrected chi connectivity index (χ3v) is 6.32. The summed E-state index contributed by atoms with van der Waals surface area (Å²) in [6.45, 7) is 11.7. The topological polar surface area (TPSA) is 73.2 Å².